The Balaban J connectivity index is 2.37. The molecule has 2 N–H and O–H groups in total. The topological polar surface area (TPSA) is 87.7 Å². The summed E-state index contributed by atoms with van der Waals surface area (Å²) >= 11 is 1.61. The van der Waals surface area contributed by atoms with Gasteiger partial charge in [-0.25, -0.2) is 4.79 Å². The molecule has 0 saturated heterocycles. The Labute approximate surface area is 221 Å². The number of alkyl carbamates (subject to hydrolysis) is 1. The number of amides is 3. The molecule has 2 atom stereocenters. The number of unbranched alkanes of at least 4 members (excludes halogenated alkanes) is 1. The lowest BCUT2D eigenvalue weighted by Gasteiger charge is -2.35. The standard InChI is InChI=1S/C28H45N3O4S/c1-6-7-19-31(26(33)23(18-20-36-5)30-27(34)35-28(2,3)4)24(21-14-10-8-11-15-21)25(32)29-22-16-12-9-13-17-22/h8,10-11,14-15,22-24H,6-7,9,12-13,16-20H2,1-5H3,(H,29,32)(H,30,34). The molecule has 1 saturated carbocycles. The maximum atomic E-state index is 14.0. The second-order valence-electron chi connectivity index (χ2n) is 10.5. The van der Waals surface area contributed by atoms with Crippen LogP contribution in [0.15, 0.2) is 30.3 Å². The molecule has 0 radical (unpaired) electrons. The van der Waals surface area contributed by atoms with Gasteiger partial charge in [-0.15, -0.1) is 0 Å². The van der Waals surface area contributed by atoms with Crippen molar-refractivity contribution in [2.24, 2.45) is 0 Å². The molecule has 0 spiro atoms. The summed E-state index contributed by atoms with van der Waals surface area (Å²) in [5.41, 5.74) is 0.0992. The molecule has 36 heavy (non-hydrogen) atoms. The summed E-state index contributed by atoms with van der Waals surface area (Å²) in [5.74, 6) is 0.285. The Morgan fingerprint density at radius 1 is 1.11 bits per heavy atom. The maximum Gasteiger partial charge on any atom is 0.408 e. The van der Waals surface area contributed by atoms with Gasteiger partial charge in [-0.2, -0.15) is 11.8 Å². The number of hydrogen-bond acceptors (Lipinski definition) is 5. The van der Waals surface area contributed by atoms with Gasteiger partial charge in [0, 0.05) is 12.6 Å². The first-order valence-electron chi connectivity index (χ1n) is 13.3. The number of carbonyl (C=O) groups is 3. The SMILES string of the molecule is CCCCN(C(=O)C(CCSC)NC(=O)OC(C)(C)C)C(C(=O)NC1CCCCC1)c1ccccc1. The summed E-state index contributed by atoms with van der Waals surface area (Å²) in [4.78, 5) is 42.1. The van der Waals surface area contributed by atoms with E-state index in [1.807, 2.05) is 36.6 Å². The Morgan fingerprint density at radius 2 is 1.78 bits per heavy atom. The highest BCUT2D eigenvalue weighted by Crippen LogP contribution is 2.26. The summed E-state index contributed by atoms with van der Waals surface area (Å²) in [6, 6.07) is 8.08. The summed E-state index contributed by atoms with van der Waals surface area (Å²) in [6.07, 6.45) is 8.77. The lowest BCUT2D eigenvalue weighted by atomic mass is 9.94. The van der Waals surface area contributed by atoms with E-state index in [1.165, 1.54) is 6.42 Å². The number of nitrogens with zero attached hydrogens (tertiary/aromatic N) is 1. The van der Waals surface area contributed by atoms with Crippen molar-refractivity contribution in [3.63, 3.8) is 0 Å². The van der Waals surface area contributed by atoms with E-state index >= 15 is 0 Å². The zero-order valence-corrected chi connectivity index (χ0v) is 23.5. The molecule has 0 bridgehead atoms. The van der Waals surface area contributed by atoms with Gasteiger partial charge < -0.3 is 20.3 Å². The van der Waals surface area contributed by atoms with Crippen LogP contribution in [-0.2, 0) is 14.3 Å². The molecule has 1 aliphatic carbocycles. The van der Waals surface area contributed by atoms with E-state index in [4.69, 9.17) is 4.74 Å². The average molecular weight is 520 g/mol. The molecule has 1 fully saturated rings. The third-order valence-corrected chi connectivity index (χ3v) is 6.91. The van der Waals surface area contributed by atoms with Crippen molar-refractivity contribution in [2.75, 3.05) is 18.6 Å². The molecular weight excluding hydrogens is 474 g/mol. The van der Waals surface area contributed by atoms with Gasteiger partial charge in [-0.05, 0) is 64.0 Å². The molecule has 3 amide bonds. The maximum absolute atomic E-state index is 14.0. The first-order chi connectivity index (χ1) is 17.2. The second kappa shape index (κ2) is 15.1. The highest BCUT2D eigenvalue weighted by Gasteiger charge is 2.36. The zero-order chi connectivity index (χ0) is 26.6. The Kier molecular flexibility index (Phi) is 12.6. The third-order valence-electron chi connectivity index (χ3n) is 6.26. The molecule has 8 heteroatoms. The van der Waals surface area contributed by atoms with Crippen molar-refractivity contribution in [1.29, 1.82) is 0 Å². The molecule has 2 rings (SSSR count). The fourth-order valence-electron chi connectivity index (χ4n) is 4.47. The van der Waals surface area contributed by atoms with Crippen LogP contribution in [0.4, 0.5) is 4.79 Å². The normalized spacial score (nSPS) is 16.0. The summed E-state index contributed by atoms with van der Waals surface area (Å²) in [7, 11) is 0. The van der Waals surface area contributed by atoms with Crippen molar-refractivity contribution in [3.05, 3.63) is 35.9 Å². The van der Waals surface area contributed by atoms with Gasteiger partial charge in [0.1, 0.15) is 17.7 Å². The van der Waals surface area contributed by atoms with Crippen molar-refractivity contribution in [2.45, 2.75) is 103 Å². The predicted octanol–water partition coefficient (Wildman–Crippen LogP) is 5.45. The van der Waals surface area contributed by atoms with Crippen LogP contribution in [-0.4, -0.2) is 59.0 Å². The molecule has 0 heterocycles. The number of benzene rings is 1. The number of thioether (sulfide) groups is 1. The van der Waals surface area contributed by atoms with E-state index in [1.54, 1.807) is 37.4 Å². The quantitative estimate of drug-likeness (QED) is 0.383. The minimum absolute atomic E-state index is 0.132. The van der Waals surface area contributed by atoms with Gasteiger partial charge in [-0.1, -0.05) is 62.9 Å². The van der Waals surface area contributed by atoms with Crippen LogP contribution in [0.1, 0.15) is 90.7 Å². The van der Waals surface area contributed by atoms with E-state index in [-0.39, 0.29) is 17.9 Å². The molecule has 2 unspecified atom stereocenters. The molecule has 0 aliphatic heterocycles. The zero-order valence-electron chi connectivity index (χ0n) is 22.7. The van der Waals surface area contributed by atoms with Crippen molar-refractivity contribution in [1.82, 2.24) is 15.5 Å². The summed E-state index contributed by atoms with van der Waals surface area (Å²) in [5, 5.41) is 6.03. The molecule has 202 valence electrons. The lowest BCUT2D eigenvalue weighted by Crippen LogP contribution is -2.54. The van der Waals surface area contributed by atoms with Gasteiger partial charge in [-0.3, -0.25) is 9.59 Å². The van der Waals surface area contributed by atoms with E-state index in [0.29, 0.717) is 18.7 Å². The van der Waals surface area contributed by atoms with E-state index in [2.05, 4.69) is 17.6 Å². The highest BCUT2D eigenvalue weighted by molar-refractivity contribution is 7.98. The molecule has 1 aromatic carbocycles. The monoisotopic (exact) mass is 519 g/mol. The van der Waals surface area contributed by atoms with Crippen LogP contribution in [0.25, 0.3) is 0 Å². The molecule has 7 nitrogen and oxygen atoms in total. The minimum Gasteiger partial charge on any atom is -0.444 e. The molecule has 1 aromatic rings. The Hall–Kier alpha value is -2.22. The minimum atomic E-state index is -0.780. The first-order valence-corrected chi connectivity index (χ1v) is 14.7. The van der Waals surface area contributed by atoms with Gasteiger partial charge in [0.15, 0.2) is 0 Å². The van der Waals surface area contributed by atoms with Crippen molar-refractivity contribution in [3.8, 4) is 0 Å². The van der Waals surface area contributed by atoms with E-state index in [9.17, 15) is 14.4 Å². The number of carbonyl (C=O) groups excluding carboxylic acids is 3. The van der Waals surface area contributed by atoms with Gasteiger partial charge in [0.05, 0.1) is 0 Å². The first kappa shape index (κ1) is 30.0. The van der Waals surface area contributed by atoms with Crippen LogP contribution >= 0.6 is 11.8 Å². The largest absolute Gasteiger partial charge is 0.444 e. The number of rotatable bonds is 12. The highest BCUT2D eigenvalue weighted by atomic mass is 32.2. The fourth-order valence-corrected chi connectivity index (χ4v) is 4.94. The Bertz CT molecular complexity index is 822. The van der Waals surface area contributed by atoms with Crippen LogP contribution in [0, 0.1) is 0 Å². The predicted molar refractivity (Wildman–Crippen MR) is 147 cm³/mol. The van der Waals surface area contributed by atoms with Crippen molar-refractivity contribution < 1.29 is 19.1 Å². The molecule has 1 aliphatic rings. The van der Waals surface area contributed by atoms with E-state index in [0.717, 1.165) is 44.1 Å². The smallest absolute Gasteiger partial charge is 0.408 e. The summed E-state index contributed by atoms with van der Waals surface area (Å²) in [6.45, 7) is 7.87. The van der Waals surface area contributed by atoms with Crippen molar-refractivity contribution >= 4 is 29.7 Å². The second-order valence-corrected chi connectivity index (χ2v) is 11.5. The number of ether oxygens (including phenoxy) is 1. The average Bonchev–Trinajstić information content (AvgIpc) is 2.83. The fraction of sp³-hybridized carbons (Fsp3) is 0.679. The molecule has 0 aromatic heterocycles. The third kappa shape index (κ3) is 10.0. The van der Waals surface area contributed by atoms with Crippen LogP contribution < -0.4 is 10.6 Å². The summed E-state index contributed by atoms with van der Waals surface area (Å²) < 4.78 is 5.45. The van der Waals surface area contributed by atoms with Crippen LogP contribution in [0.3, 0.4) is 0 Å². The lowest BCUT2D eigenvalue weighted by molar-refractivity contribution is -0.143. The Morgan fingerprint density at radius 3 is 2.36 bits per heavy atom. The number of hydrogen-bond donors (Lipinski definition) is 2. The van der Waals surface area contributed by atoms with Crippen LogP contribution in [0.5, 0.6) is 0 Å². The van der Waals surface area contributed by atoms with E-state index < -0.39 is 23.8 Å². The van der Waals surface area contributed by atoms with Gasteiger partial charge in [0.2, 0.25) is 11.8 Å². The molecular formula is C28H45N3O4S. The number of nitrogens with one attached hydrogen (secondary N) is 2. The van der Waals surface area contributed by atoms with Gasteiger partial charge in [0.25, 0.3) is 0 Å². The van der Waals surface area contributed by atoms with Gasteiger partial charge >= 0.3 is 6.09 Å². The van der Waals surface area contributed by atoms with Crippen LogP contribution in [0.2, 0.25) is 0 Å².